The molecule has 0 aliphatic heterocycles. The van der Waals surface area contributed by atoms with E-state index >= 15 is 0 Å². The predicted molar refractivity (Wildman–Crippen MR) is 84.6 cm³/mol. The Labute approximate surface area is 129 Å². The van der Waals surface area contributed by atoms with Crippen LogP contribution in [-0.4, -0.2) is 18.4 Å². The molecule has 0 aliphatic carbocycles. The average Bonchev–Trinajstić information content (AvgIpc) is 2.49. The van der Waals surface area contributed by atoms with Crippen LogP contribution in [0.1, 0.15) is 11.1 Å². The number of aryl methyl sites for hydroxylation is 1. The number of nitrogens with one attached hydrogen (secondary N) is 1. The van der Waals surface area contributed by atoms with Crippen LogP contribution in [0.3, 0.4) is 0 Å². The Kier molecular flexibility index (Phi) is 5.14. The van der Waals surface area contributed by atoms with Crippen molar-refractivity contribution < 1.29 is 14.3 Å². The molecule has 2 aromatic carbocycles. The van der Waals surface area contributed by atoms with Gasteiger partial charge in [-0.15, -0.1) is 0 Å². The molecule has 0 heterocycles. The predicted octanol–water partition coefficient (Wildman–Crippen LogP) is 2.04. The van der Waals surface area contributed by atoms with Gasteiger partial charge in [-0.1, -0.05) is 24.3 Å². The number of benzene rings is 2. The number of ether oxygens (including phenoxy) is 1. The van der Waals surface area contributed by atoms with E-state index in [1.54, 1.807) is 24.3 Å². The summed E-state index contributed by atoms with van der Waals surface area (Å²) >= 11 is 0. The fourth-order valence-electron chi connectivity index (χ4n) is 1.98. The van der Waals surface area contributed by atoms with Gasteiger partial charge in [0.15, 0.2) is 6.61 Å². The van der Waals surface area contributed by atoms with Crippen LogP contribution in [0, 0.1) is 6.92 Å². The van der Waals surface area contributed by atoms with E-state index in [4.69, 9.17) is 10.5 Å². The second-order valence-electron chi connectivity index (χ2n) is 4.93. The first-order valence-electron chi connectivity index (χ1n) is 6.90. The van der Waals surface area contributed by atoms with E-state index in [0.29, 0.717) is 17.9 Å². The molecule has 0 fully saturated rings. The van der Waals surface area contributed by atoms with E-state index < -0.39 is 5.91 Å². The van der Waals surface area contributed by atoms with Gasteiger partial charge in [0.05, 0.1) is 6.42 Å². The van der Waals surface area contributed by atoms with Crippen molar-refractivity contribution in [2.24, 2.45) is 5.73 Å². The van der Waals surface area contributed by atoms with E-state index in [-0.39, 0.29) is 12.5 Å². The third kappa shape index (κ3) is 4.63. The van der Waals surface area contributed by atoms with Gasteiger partial charge in [-0.3, -0.25) is 9.59 Å². The fraction of sp³-hybridized carbons (Fsp3) is 0.176. The van der Waals surface area contributed by atoms with Gasteiger partial charge in [0, 0.05) is 5.69 Å². The highest BCUT2D eigenvalue weighted by Crippen LogP contribution is 2.16. The number of carbonyl (C=O) groups excluding carboxylic acids is 2. The maximum atomic E-state index is 12.0. The summed E-state index contributed by atoms with van der Waals surface area (Å²) in [5.74, 6) is -0.0913. The lowest BCUT2D eigenvalue weighted by molar-refractivity contribution is -0.120. The summed E-state index contributed by atoms with van der Waals surface area (Å²) in [6.45, 7) is 1.81. The van der Waals surface area contributed by atoms with Crippen molar-refractivity contribution in [2.45, 2.75) is 13.3 Å². The SMILES string of the molecule is Cc1ccccc1CC(=O)Nc1ccc(OCC(N)=O)cc1. The molecule has 114 valence electrons. The summed E-state index contributed by atoms with van der Waals surface area (Å²) in [6, 6.07) is 14.6. The van der Waals surface area contributed by atoms with Crippen LogP contribution >= 0.6 is 0 Å². The lowest BCUT2D eigenvalue weighted by Gasteiger charge is -2.08. The highest BCUT2D eigenvalue weighted by Gasteiger charge is 2.06. The Balaban J connectivity index is 1.91. The van der Waals surface area contributed by atoms with Crippen LogP contribution in [0.5, 0.6) is 5.75 Å². The van der Waals surface area contributed by atoms with E-state index in [9.17, 15) is 9.59 Å². The number of anilines is 1. The van der Waals surface area contributed by atoms with Gasteiger partial charge < -0.3 is 15.8 Å². The van der Waals surface area contributed by atoms with Crippen molar-refractivity contribution in [1.82, 2.24) is 0 Å². The molecule has 2 amide bonds. The smallest absolute Gasteiger partial charge is 0.255 e. The molecule has 5 heteroatoms. The minimum atomic E-state index is -0.532. The van der Waals surface area contributed by atoms with Gasteiger partial charge in [-0.25, -0.2) is 0 Å². The van der Waals surface area contributed by atoms with Crippen molar-refractivity contribution in [2.75, 3.05) is 11.9 Å². The third-order valence-corrected chi connectivity index (χ3v) is 3.13. The summed E-state index contributed by atoms with van der Waals surface area (Å²) in [6.07, 6.45) is 0.326. The van der Waals surface area contributed by atoms with Crippen LogP contribution in [0.15, 0.2) is 48.5 Å². The van der Waals surface area contributed by atoms with E-state index in [1.807, 2.05) is 31.2 Å². The fourth-order valence-corrected chi connectivity index (χ4v) is 1.98. The van der Waals surface area contributed by atoms with Crippen molar-refractivity contribution in [1.29, 1.82) is 0 Å². The Morgan fingerprint density at radius 3 is 2.41 bits per heavy atom. The first-order chi connectivity index (χ1) is 10.5. The monoisotopic (exact) mass is 298 g/mol. The van der Waals surface area contributed by atoms with Gasteiger partial charge in [-0.05, 0) is 42.3 Å². The van der Waals surface area contributed by atoms with Gasteiger partial charge >= 0.3 is 0 Å². The molecule has 0 radical (unpaired) electrons. The molecule has 2 rings (SSSR count). The van der Waals surface area contributed by atoms with Crippen LogP contribution in [-0.2, 0) is 16.0 Å². The molecule has 0 aliphatic rings. The molecule has 0 atom stereocenters. The van der Waals surface area contributed by atoms with E-state index in [0.717, 1.165) is 11.1 Å². The molecular weight excluding hydrogens is 280 g/mol. The van der Waals surface area contributed by atoms with Crippen molar-refractivity contribution in [3.05, 3.63) is 59.7 Å². The summed E-state index contributed by atoms with van der Waals surface area (Å²) in [5.41, 5.74) is 7.76. The Morgan fingerprint density at radius 2 is 1.77 bits per heavy atom. The van der Waals surface area contributed by atoms with Gasteiger partial charge in [0.1, 0.15) is 5.75 Å². The second kappa shape index (κ2) is 7.26. The van der Waals surface area contributed by atoms with Crippen LogP contribution in [0.25, 0.3) is 0 Å². The Hall–Kier alpha value is -2.82. The topological polar surface area (TPSA) is 81.4 Å². The zero-order chi connectivity index (χ0) is 15.9. The summed E-state index contributed by atoms with van der Waals surface area (Å²) in [5, 5.41) is 2.82. The van der Waals surface area contributed by atoms with Crippen LogP contribution < -0.4 is 15.8 Å². The molecule has 0 unspecified atom stereocenters. The number of amides is 2. The molecule has 0 saturated carbocycles. The quantitative estimate of drug-likeness (QED) is 0.856. The number of primary amides is 1. The summed E-state index contributed by atoms with van der Waals surface area (Å²) < 4.78 is 5.15. The highest BCUT2D eigenvalue weighted by atomic mass is 16.5. The molecule has 0 saturated heterocycles. The third-order valence-electron chi connectivity index (χ3n) is 3.13. The largest absolute Gasteiger partial charge is 0.484 e. The normalized spacial score (nSPS) is 10.0. The first-order valence-corrected chi connectivity index (χ1v) is 6.90. The first kappa shape index (κ1) is 15.6. The van der Waals surface area contributed by atoms with Crippen LogP contribution in [0.2, 0.25) is 0 Å². The molecule has 0 spiro atoms. The summed E-state index contributed by atoms with van der Waals surface area (Å²) in [7, 11) is 0. The Bertz CT molecular complexity index is 666. The van der Waals surface area contributed by atoms with Crippen molar-refractivity contribution in [3.63, 3.8) is 0 Å². The molecule has 0 aromatic heterocycles. The van der Waals surface area contributed by atoms with Crippen molar-refractivity contribution >= 4 is 17.5 Å². The molecular formula is C17H18N2O3. The number of rotatable bonds is 6. The zero-order valence-electron chi connectivity index (χ0n) is 12.3. The Morgan fingerprint density at radius 1 is 1.09 bits per heavy atom. The van der Waals surface area contributed by atoms with Crippen LogP contribution in [0.4, 0.5) is 5.69 Å². The molecule has 22 heavy (non-hydrogen) atoms. The second-order valence-corrected chi connectivity index (χ2v) is 4.93. The lowest BCUT2D eigenvalue weighted by atomic mass is 10.1. The zero-order valence-corrected chi connectivity index (χ0v) is 12.3. The maximum absolute atomic E-state index is 12.0. The minimum absolute atomic E-state index is 0.0832. The van der Waals surface area contributed by atoms with Gasteiger partial charge in [0.2, 0.25) is 5.91 Å². The molecule has 2 aromatic rings. The van der Waals surface area contributed by atoms with E-state index in [2.05, 4.69) is 5.32 Å². The molecule has 5 nitrogen and oxygen atoms in total. The minimum Gasteiger partial charge on any atom is -0.484 e. The van der Waals surface area contributed by atoms with Gasteiger partial charge in [-0.2, -0.15) is 0 Å². The molecule has 0 bridgehead atoms. The number of carbonyl (C=O) groups is 2. The average molecular weight is 298 g/mol. The molecule has 3 N–H and O–H groups in total. The standard InChI is InChI=1S/C17H18N2O3/c1-12-4-2-3-5-13(12)10-17(21)19-14-6-8-15(9-7-14)22-11-16(18)20/h2-9H,10-11H2,1H3,(H2,18,20)(H,19,21). The number of nitrogens with two attached hydrogens (primary N) is 1. The van der Waals surface area contributed by atoms with Crippen molar-refractivity contribution in [3.8, 4) is 5.75 Å². The maximum Gasteiger partial charge on any atom is 0.255 e. The lowest BCUT2D eigenvalue weighted by Crippen LogP contribution is -2.20. The summed E-state index contributed by atoms with van der Waals surface area (Å²) in [4.78, 5) is 22.7. The number of hydrogen-bond acceptors (Lipinski definition) is 3. The van der Waals surface area contributed by atoms with E-state index in [1.165, 1.54) is 0 Å². The number of hydrogen-bond donors (Lipinski definition) is 2. The highest BCUT2D eigenvalue weighted by molar-refractivity contribution is 5.92. The van der Waals surface area contributed by atoms with Gasteiger partial charge in [0.25, 0.3) is 5.91 Å².